The molecule has 0 bridgehead atoms. The predicted molar refractivity (Wildman–Crippen MR) is 305 cm³/mol. The maximum absolute atomic E-state index is 17.0. The number of benzene rings is 4. The first-order valence-corrected chi connectivity index (χ1v) is 29.9. The van der Waals surface area contributed by atoms with E-state index >= 15 is 17.6 Å². The van der Waals surface area contributed by atoms with Gasteiger partial charge >= 0.3 is 6.03 Å². The van der Waals surface area contributed by atoms with Crippen molar-refractivity contribution in [2.45, 2.75) is 120 Å². The number of piperidine rings is 3. The Morgan fingerprint density at radius 3 is 2.27 bits per heavy atom. The van der Waals surface area contributed by atoms with Crippen molar-refractivity contribution in [1.29, 1.82) is 0 Å². The molecule has 5 aromatic rings. The third-order valence-corrected chi connectivity index (χ3v) is 19.0. The lowest BCUT2D eigenvalue weighted by Crippen LogP contribution is -2.49. The molecule has 20 heteroatoms. The molecule has 11 rings (SSSR count). The zero-order valence-electron chi connectivity index (χ0n) is 46.9. The second-order valence-electron chi connectivity index (χ2n) is 23.6. The van der Waals surface area contributed by atoms with E-state index in [0.29, 0.717) is 76.3 Å². The van der Waals surface area contributed by atoms with Crippen molar-refractivity contribution < 1.29 is 46.2 Å². The summed E-state index contributed by atoms with van der Waals surface area (Å²) >= 11 is 6.87. The third-order valence-electron chi connectivity index (χ3n) is 18.6. The number of fused-ring (bicyclic) bond motifs is 2. The molecule has 438 valence electrons. The number of nitrogens with zero attached hydrogens (tertiary/aromatic N) is 6. The number of primary amides is 1. The van der Waals surface area contributed by atoms with Gasteiger partial charge in [-0.15, -0.1) is 0 Å². The quantitative estimate of drug-likeness (QED) is 0.0602. The number of unbranched alkanes of at least 4 members (excludes halogenated alkanes) is 1. The van der Waals surface area contributed by atoms with Gasteiger partial charge in [0, 0.05) is 92.4 Å². The van der Waals surface area contributed by atoms with Gasteiger partial charge in [0.05, 0.1) is 22.6 Å². The number of aryl methyl sites for hydroxylation is 1. The van der Waals surface area contributed by atoms with Gasteiger partial charge < -0.3 is 35.2 Å². The summed E-state index contributed by atoms with van der Waals surface area (Å²) in [5, 5.41) is 10.2. The highest BCUT2D eigenvalue weighted by Crippen LogP contribution is 2.57. The minimum atomic E-state index is -1.11. The Hall–Kier alpha value is -6.28. The van der Waals surface area contributed by atoms with Gasteiger partial charge in [-0.05, 0) is 145 Å². The summed E-state index contributed by atoms with van der Waals surface area (Å²) in [5.74, 6) is -4.50. The van der Waals surface area contributed by atoms with Crippen molar-refractivity contribution in [3.8, 4) is 22.6 Å². The minimum absolute atomic E-state index is 0.00354. The molecule has 15 nitrogen and oxygen atoms in total. The highest BCUT2D eigenvalue weighted by Gasteiger charge is 2.50. The van der Waals surface area contributed by atoms with Crippen LogP contribution in [0.25, 0.3) is 22.0 Å². The lowest BCUT2D eigenvalue weighted by atomic mass is 9.77. The number of halogens is 5. The standard InChI is InChI=1S/C62H74ClF4N9O6/c1-37-50-48(34-46(65)54(63)53(50)52-43(58(68)78)17-18-47(55(52)66)81-32-10-9-26-73-24-7-4-8-25-73)82-62(37,41-11-5-3-6-12-41)36-69-42-15-13-40(14-16-42)60(79)75-29-19-38(20-30-75)35-74-27-21-39(22-28-74)51-45(64)33-44-57(56(51)67)72(2)71-59(44)76-31-23-49(77)70-61(76)80/h3,5-6,11-12,17-18,33-34,37-40,42,69H,4,7-10,13-16,19-32,35-36H2,1-2H3,(H2,68,78)(H,70,77,80). The summed E-state index contributed by atoms with van der Waals surface area (Å²) in [6.45, 7) is 9.27. The Bertz CT molecular complexity index is 3210. The van der Waals surface area contributed by atoms with Crippen LogP contribution in [0.15, 0.2) is 54.6 Å². The Morgan fingerprint density at radius 1 is 0.829 bits per heavy atom. The molecule has 1 aromatic heterocycles. The average molecular weight is 1150 g/mol. The maximum Gasteiger partial charge on any atom is 0.329 e. The van der Waals surface area contributed by atoms with Crippen LogP contribution >= 0.6 is 11.6 Å². The van der Waals surface area contributed by atoms with Crippen LogP contribution in [0, 0.1) is 35.1 Å². The largest absolute Gasteiger partial charge is 0.490 e. The first kappa shape index (κ1) is 57.5. The van der Waals surface area contributed by atoms with Gasteiger partial charge in [-0.1, -0.05) is 55.3 Å². The molecule has 6 heterocycles. The molecule has 1 aliphatic carbocycles. The Kier molecular flexibility index (Phi) is 17.2. The van der Waals surface area contributed by atoms with E-state index < -0.39 is 52.6 Å². The average Bonchev–Trinajstić information content (AvgIpc) is 4.09. The minimum Gasteiger partial charge on any atom is -0.490 e. The van der Waals surface area contributed by atoms with Gasteiger partial charge in [-0.25, -0.2) is 22.4 Å². The van der Waals surface area contributed by atoms with E-state index in [-0.39, 0.29) is 98.9 Å². The number of nitrogens with two attached hydrogens (primary N) is 1. The van der Waals surface area contributed by atoms with Crippen LogP contribution in [0.3, 0.4) is 0 Å². The second kappa shape index (κ2) is 24.5. The van der Waals surface area contributed by atoms with Gasteiger partial charge in [0.25, 0.3) is 0 Å². The number of amides is 5. The van der Waals surface area contributed by atoms with Gasteiger partial charge in [0.15, 0.2) is 28.8 Å². The SMILES string of the molecule is CC1c2c(cc(F)c(Cl)c2-c2c(C(N)=O)ccc(OCCCCN3CCCCC3)c2F)OC1(CNC1CCC(C(=O)N2CCC(CN3CCC(c4c(F)cc5c(N6CCC(=O)NC6=O)nn(C)c5c4F)CC3)CC2)CC1)c1ccccc1. The smallest absolute Gasteiger partial charge is 0.329 e. The first-order valence-electron chi connectivity index (χ1n) is 29.5. The third kappa shape index (κ3) is 11.4. The molecule has 82 heavy (non-hydrogen) atoms. The predicted octanol–water partition coefficient (Wildman–Crippen LogP) is 10.3. The molecule has 4 saturated heterocycles. The lowest BCUT2D eigenvalue weighted by Gasteiger charge is -2.40. The van der Waals surface area contributed by atoms with Crippen LogP contribution in [0.5, 0.6) is 11.5 Å². The number of likely N-dealkylation sites (tertiary alicyclic amines) is 3. The molecule has 4 aromatic carbocycles. The van der Waals surface area contributed by atoms with Gasteiger partial charge in [0.2, 0.25) is 17.7 Å². The molecule has 5 fully saturated rings. The van der Waals surface area contributed by atoms with Crippen LogP contribution in [-0.2, 0) is 22.2 Å². The van der Waals surface area contributed by atoms with Crippen molar-refractivity contribution in [3.05, 3.63) is 105 Å². The molecule has 5 aliphatic heterocycles. The molecule has 1 saturated carbocycles. The fraction of sp³-hybridized carbons (Fsp3) is 0.532. The van der Waals surface area contributed by atoms with Gasteiger partial charge in [-0.2, -0.15) is 5.10 Å². The summed E-state index contributed by atoms with van der Waals surface area (Å²) in [6, 6.07) is 14.3. The number of aromatic nitrogens is 2. The number of carbonyl (C=O) groups is 4. The van der Waals surface area contributed by atoms with E-state index in [2.05, 4.69) is 25.5 Å². The fourth-order valence-electron chi connectivity index (χ4n) is 14.0. The van der Waals surface area contributed by atoms with Crippen molar-refractivity contribution in [2.24, 2.45) is 24.6 Å². The molecular weight excluding hydrogens is 1080 g/mol. The molecule has 5 amide bonds. The van der Waals surface area contributed by atoms with Crippen LogP contribution in [0.2, 0.25) is 5.02 Å². The summed E-state index contributed by atoms with van der Waals surface area (Å²) in [7, 11) is 1.56. The summed E-state index contributed by atoms with van der Waals surface area (Å²) in [5.41, 5.74) is 5.85. The summed E-state index contributed by atoms with van der Waals surface area (Å²) in [6.07, 6.45) is 11.2. The zero-order valence-corrected chi connectivity index (χ0v) is 47.6. The Balaban J connectivity index is 0.689. The molecule has 0 radical (unpaired) electrons. The lowest BCUT2D eigenvalue weighted by molar-refractivity contribution is -0.138. The van der Waals surface area contributed by atoms with Crippen LogP contribution in [0.1, 0.15) is 136 Å². The van der Waals surface area contributed by atoms with E-state index in [4.69, 9.17) is 26.8 Å². The van der Waals surface area contributed by atoms with Crippen molar-refractivity contribution in [1.82, 2.24) is 35.1 Å². The van der Waals surface area contributed by atoms with E-state index in [1.54, 1.807) is 7.05 Å². The monoisotopic (exact) mass is 1150 g/mol. The molecule has 2 atom stereocenters. The molecule has 0 spiro atoms. The van der Waals surface area contributed by atoms with Crippen molar-refractivity contribution in [2.75, 3.05) is 77.0 Å². The topological polar surface area (TPSA) is 168 Å². The number of carbonyl (C=O) groups excluding carboxylic acids is 4. The normalized spacial score (nSPS) is 23.3. The molecule has 2 unspecified atom stereocenters. The van der Waals surface area contributed by atoms with Crippen molar-refractivity contribution >= 4 is 52.1 Å². The van der Waals surface area contributed by atoms with Gasteiger partial charge in [0.1, 0.15) is 22.9 Å². The van der Waals surface area contributed by atoms with E-state index in [1.807, 2.05) is 42.2 Å². The highest BCUT2D eigenvalue weighted by molar-refractivity contribution is 6.34. The summed E-state index contributed by atoms with van der Waals surface area (Å²) < 4.78 is 79.6. The van der Waals surface area contributed by atoms with Crippen LogP contribution in [-0.4, -0.2) is 126 Å². The Morgan fingerprint density at radius 2 is 1.56 bits per heavy atom. The van der Waals surface area contributed by atoms with E-state index in [0.717, 1.165) is 63.8 Å². The number of ether oxygens (including phenoxy) is 2. The number of nitrogens with one attached hydrogen (secondary N) is 2. The second-order valence-corrected chi connectivity index (χ2v) is 24.0. The van der Waals surface area contributed by atoms with Crippen LogP contribution < -0.4 is 30.7 Å². The number of hydrogen-bond donors (Lipinski definition) is 3. The van der Waals surface area contributed by atoms with Gasteiger partial charge in [-0.3, -0.25) is 29.3 Å². The highest BCUT2D eigenvalue weighted by atomic mass is 35.5. The fourth-order valence-corrected chi connectivity index (χ4v) is 14.3. The zero-order chi connectivity index (χ0) is 57.4. The maximum atomic E-state index is 17.0. The number of anilines is 1. The number of urea groups is 1. The molecular formula is C62H74ClF4N9O6. The first-order chi connectivity index (χ1) is 39.6. The number of imide groups is 1. The Labute approximate surface area is 481 Å². The summed E-state index contributed by atoms with van der Waals surface area (Å²) in [4.78, 5) is 59.5. The van der Waals surface area contributed by atoms with E-state index in [9.17, 15) is 19.2 Å². The molecule has 6 aliphatic rings. The van der Waals surface area contributed by atoms with E-state index in [1.165, 1.54) is 53.1 Å². The van der Waals surface area contributed by atoms with Crippen LogP contribution in [0.4, 0.5) is 28.2 Å². The molecule has 4 N–H and O–H groups in total. The van der Waals surface area contributed by atoms with Crippen molar-refractivity contribution in [3.63, 3.8) is 0 Å². The number of hydrogen-bond acceptors (Lipinski definition) is 10. The number of rotatable bonds is 17.